The fourth-order valence-corrected chi connectivity index (χ4v) is 3.28. The second-order valence-electron chi connectivity index (χ2n) is 6.45. The number of carbonyl (C=O) groups excluding carboxylic acids is 2. The Kier molecular flexibility index (Phi) is 4.88. The molecule has 1 aliphatic heterocycles. The van der Waals surface area contributed by atoms with Gasteiger partial charge in [-0.15, -0.1) is 0 Å². The Morgan fingerprint density at radius 1 is 1.16 bits per heavy atom. The number of anilines is 1. The van der Waals surface area contributed by atoms with Crippen molar-refractivity contribution in [2.24, 2.45) is 0 Å². The third-order valence-electron chi connectivity index (χ3n) is 4.83. The van der Waals surface area contributed by atoms with Crippen LogP contribution in [-0.2, 0) is 17.6 Å². The normalized spacial score (nSPS) is 14.4. The van der Waals surface area contributed by atoms with Crippen molar-refractivity contribution in [3.8, 4) is 0 Å². The molecule has 1 heterocycles. The lowest BCUT2D eigenvalue weighted by atomic mass is 10.0. The molecule has 2 aromatic rings. The summed E-state index contributed by atoms with van der Waals surface area (Å²) in [6.45, 7) is 6.72. The lowest BCUT2D eigenvalue weighted by molar-refractivity contribution is -0.117. The van der Waals surface area contributed by atoms with Crippen LogP contribution in [0, 0.1) is 0 Å². The molecule has 0 spiro atoms. The molecule has 3 rings (SSSR count). The Morgan fingerprint density at radius 2 is 1.88 bits per heavy atom. The van der Waals surface area contributed by atoms with Gasteiger partial charge in [0.25, 0.3) is 5.91 Å². The van der Waals surface area contributed by atoms with Gasteiger partial charge in [0.2, 0.25) is 5.91 Å². The number of hydrogen-bond acceptors (Lipinski definition) is 2. The van der Waals surface area contributed by atoms with Crippen molar-refractivity contribution in [1.29, 1.82) is 0 Å². The summed E-state index contributed by atoms with van der Waals surface area (Å²) < 4.78 is 0. The second-order valence-corrected chi connectivity index (χ2v) is 6.45. The number of hydrogen-bond donors (Lipinski definition) is 1. The first-order chi connectivity index (χ1) is 12.0. The number of nitrogens with zero attached hydrogens (tertiary/aromatic N) is 1. The van der Waals surface area contributed by atoms with E-state index in [1.165, 1.54) is 5.56 Å². The number of rotatable bonds is 5. The van der Waals surface area contributed by atoms with Gasteiger partial charge < -0.3 is 10.2 Å². The first kappa shape index (κ1) is 17.2. The zero-order chi connectivity index (χ0) is 18.0. The van der Waals surface area contributed by atoms with Crippen LogP contribution in [-0.4, -0.2) is 18.4 Å². The molecule has 4 heteroatoms. The van der Waals surface area contributed by atoms with E-state index in [0.717, 1.165) is 23.2 Å². The smallest absolute Gasteiger partial charge is 0.251 e. The monoisotopic (exact) mass is 336 g/mol. The van der Waals surface area contributed by atoms with Gasteiger partial charge in [-0.05, 0) is 55.2 Å². The molecule has 1 atom stereocenters. The van der Waals surface area contributed by atoms with Gasteiger partial charge in [-0.1, -0.05) is 31.2 Å². The Labute approximate surface area is 148 Å². The van der Waals surface area contributed by atoms with E-state index in [1.807, 2.05) is 26.0 Å². The van der Waals surface area contributed by atoms with Gasteiger partial charge in [0.05, 0.1) is 12.5 Å². The van der Waals surface area contributed by atoms with Crippen LogP contribution in [0.25, 0.3) is 0 Å². The van der Waals surface area contributed by atoms with E-state index in [1.54, 1.807) is 11.0 Å². The predicted molar refractivity (Wildman–Crippen MR) is 99.9 cm³/mol. The summed E-state index contributed by atoms with van der Waals surface area (Å²) >= 11 is 0. The Bertz CT molecular complexity index is 796. The van der Waals surface area contributed by atoms with E-state index < -0.39 is 0 Å². The molecule has 1 N–H and O–H groups in total. The molecule has 0 saturated heterocycles. The Balaban J connectivity index is 1.73. The van der Waals surface area contributed by atoms with Crippen LogP contribution in [0.4, 0.5) is 5.69 Å². The van der Waals surface area contributed by atoms with Crippen LogP contribution >= 0.6 is 0 Å². The molecule has 0 saturated carbocycles. The van der Waals surface area contributed by atoms with Crippen LogP contribution in [0.1, 0.15) is 53.9 Å². The lowest BCUT2D eigenvalue weighted by Gasteiger charge is -2.16. The number of amides is 2. The molecule has 2 aromatic carbocycles. The largest absolute Gasteiger partial charge is 0.346 e. The van der Waals surface area contributed by atoms with E-state index in [4.69, 9.17) is 0 Å². The van der Waals surface area contributed by atoms with Crippen LogP contribution in [0.2, 0.25) is 0 Å². The highest BCUT2D eigenvalue weighted by molar-refractivity contribution is 6.03. The molecule has 130 valence electrons. The molecule has 0 fully saturated rings. The molecule has 0 radical (unpaired) electrons. The molecule has 0 aliphatic carbocycles. The van der Waals surface area contributed by atoms with Crippen LogP contribution in [0.15, 0.2) is 42.5 Å². The number of fused-ring (bicyclic) bond motifs is 1. The summed E-state index contributed by atoms with van der Waals surface area (Å²) in [6.07, 6.45) is 1.38. The summed E-state index contributed by atoms with van der Waals surface area (Å²) in [5, 5.41) is 3.04. The number of benzene rings is 2. The standard InChI is InChI=1S/C21H24N2O2/c1-4-15-6-8-16(9-7-15)14(3)22-21(25)17-10-11-19-18(12-17)13-20(24)23(19)5-2/h6-12,14H,4-5,13H2,1-3H3,(H,22,25)/t14-/m0/s1. The predicted octanol–water partition coefficient (Wildman–Crippen LogP) is 3.65. The number of likely N-dealkylation sites (N-methyl/N-ethyl adjacent to an activating group) is 1. The molecule has 25 heavy (non-hydrogen) atoms. The Hall–Kier alpha value is -2.62. The topological polar surface area (TPSA) is 49.4 Å². The SMILES string of the molecule is CCc1ccc([C@H](C)NC(=O)c2ccc3c(c2)CC(=O)N3CC)cc1. The van der Waals surface area contributed by atoms with E-state index in [0.29, 0.717) is 18.5 Å². The maximum absolute atomic E-state index is 12.6. The van der Waals surface area contributed by atoms with Crippen molar-refractivity contribution >= 4 is 17.5 Å². The van der Waals surface area contributed by atoms with Crippen molar-refractivity contribution in [2.75, 3.05) is 11.4 Å². The summed E-state index contributed by atoms with van der Waals surface area (Å²) in [5.41, 5.74) is 4.82. The zero-order valence-corrected chi connectivity index (χ0v) is 15.0. The minimum absolute atomic E-state index is 0.0690. The third-order valence-corrected chi connectivity index (χ3v) is 4.83. The van der Waals surface area contributed by atoms with Gasteiger partial charge in [0.15, 0.2) is 0 Å². The highest BCUT2D eigenvalue weighted by Gasteiger charge is 2.26. The number of carbonyl (C=O) groups is 2. The summed E-state index contributed by atoms with van der Waals surface area (Å²) in [5.74, 6) is -0.0169. The maximum Gasteiger partial charge on any atom is 0.251 e. The molecule has 2 amide bonds. The molecular formula is C21H24N2O2. The van der Waals surface area contributed by atoms with Gasteiger partial charge in [-0.3, -0.25) is 9.59 Å². The van der Waals surface area contributed by atoms with Crippen molar-refractivity contribution in [3.05, 3.63) is 64.7 Å². The van der Waals surface area contributed by atoms with E-state index in [2.05, 4.69) is 36.5 Å². The minimum Gasteiger partial charge on any atom is -0.346 e. The second kappa shape index (κ2) is 7.09. The first-order valence-electron chi connectivity index (χ1n) is 8.86. The van der Waals surface area contributed by atoms with Crippen molar-refractivity contribution < 1.29 is 9.59 Å². The van der Waals surface area contributed by atoms with Gasteiger partial charge in [0.1, 0.15) is 0 Å². The number of aryl methyl sites for hydroxylation is 1. The maximum atomic E-state index is 12.6. The summed E-state index contributed by atoms with van der Waals surface area (Å²) in [7, 11) is 0. The van der Waals surface area contributed by atoms with Gasteiger partial charge in [0, 0.05) is 17.8 Å². The quantitative estimate of drug-likeness (QED) is 0.906. The van der Waals surface area contributed by atoms with E-state index in [9.17, 15) is 9.59 Å². The van der Waals surface area contributed by atoms with Crippen molar-refractivity contribution in [2.45, 2.75) is 39.7 Å². The first-order valence-corrected chi connectivity index (χ1v) is 8.86. The average molecular weight is 336 g/mol. The van der Waals surface area contributed by atoms with E-state index >= 15 is 0 Å². The van der Waals surface area contributed by atoms with Crippen LogP contribution in [0.3, 0.4) is 0 Å². The lowest BCUT2D eigenvalue weighted by Crippen LogP contribution is -2.27. The van der Waals surface area contributed by atoms with Crippen LogP contribution < -0.4 is 10.2 Å². The summed E-state index contributed by atoms with van der Waals surface area (Å²) in [6, 6.07) is 13.7. The molecule has 0 unspecified atom stereocenters. The highest BCUT2D eigenvalue weighted by Crippen LogP contribution is 2.29. The van der Waals surface area contributed by atoms with Gasteiger partial charge >= 0.3 is 0 Å². The molecule has 0 aromatic heterocycles. The fourth-order valence-electron chi connectivity index (χ4n) is 3.28. The average Bonchev–Trinajstić information content (AvgIpc) is 2.95. The highest BCUT2D eigenvalue weighted by atomic mass is 16.2. The Morgan fingerprint density at radius 3 is 2.52 bits per heavy atom. The van der Waals surface area contributed by atoms with Crippen molar-refractivity contribution in [3.63, 3.8) is 0 Å². The molecule has 0 bridgehead atoms. The third kappa shape index (κ3) is 3.43. The van der Waals surface area contributed by atoms with Gasteiger partial charge in [-0.25, -0.2) is 0 Å². The minimum atomic E-state index is -0.114. The van der Waals surface area contributed by atoms with E-state index in [-0.39, 0.29) is 17.9 Å². The van der Waals surface area contributed by atoms with Gasteiger partial charge in [-0.2, -0.15) is 0 Å². The van der Waals surface area contributed by atoms with Crippen LogP contribution in [0.5, 0.6) is 0 Å². The molecule has 1 aliphatic rings. The fraction of sp³-hybridized carbons (Fsp3) is 0.333. The summed E-state index contributed by atoms with van der Waals surface area (Å²) in [4.78, 5) is 26.3. The number of nitrogens with one attached hydrogen (secondary N) is 1. The zero-order valence-electron chi connectivity index (χ0n) is 15.0. The van der Waals surface area contributed by atoms with Crippen molar-refractivity contribution in [1.82, 2.24) is 5.32 Å². The molecular weight excluding hydrogens is 312 g/mol. The molecule has 4 nitrogen and oxygen atoms in total.